The zero-order valence-corrected chi connectivity index (χ0v) is 15.8. The first kappa shape index (κ1) is 20.1. The Morgan fingerprint density at radius 2 is 2.04 bits per heavy atom. The summed E-state index contributed by atoms with van der Waals surface area (Å²) in [4.78, 5) is 28.2. The van der Waals surface area contributed by atoms with Gasteiger partial charge in [0.15, 0.2) is 0 Å². The molecule has 1 amide bonds. The van der Waals surface area contributed by atoms with Crippen LogP contribution in [0.1, 0.15) is 53.0 Å². The van der Waals surface area contributed by atoms with Crippen molar-refractivity contribution in [3.8, 4) is 0 Å². The predicted octanol–water partition coefficient (Wildman–Crippen LogP) is 3.45. The molecule has 1 heterocycles. The average Bonchev–Trinajstić information content (AvgIpc) is 3.11. The minimum absolute atomic E-state index is 0.00704. The third-order valence-corrected chi connectivity index (χ3v) is 5.04. The molecule has 140 valence electrons. The van der Waals surface area contributed by atoms with Crippen LogP contribution in [0, 0.1) is 0 Å². The number of hydrogen-bond acceptors (Lipinski definition) is 5. The molecule has 1 aromatic heterocycles. The largest absolute Gasteiger partial charge is 0.481 e. The summed E-state index contributed by atoms with van der Waals surface area (Å²) in [6.07, 6.45) is 2.35. The van der Waals surface area contributed by atoms with Gasteiger partial charge in [0.05, 0.1) is 6.20 Å². The van der Waals surface area contributed by atoms with E-state index in [0.717, 1.165) is 10.6 Å². The number of benzene rings is 1. The zero-order chi connectivity index (χ0) is 18.9. The maximum atomic E-state index is 12.6. The van der Waals surface area contributed by atoms with E-state index in [4.69, 9.17) is 9.84 Å². The van der Waals surface area contributed by atoms with Gasteiger partial charge >= 0.3 is 5.97 Å². The minimum atomic E-state index is -0.872. The second kappa shape index (κ2) is 10.0. The monoisotopic (exact) mass is 376 g/mol. The lowest BCUT2D eigenvalue weighted by molar-refractivity contribution is -0.137. The summed E-state index contributed by atoms with van der Waals surface area (Å²) in [5.74, 6) is -1.10. The number of thiazole rings is 1. The van der Waals surface area contributed by atoms with E-state index < -0.39 is 5.97 Å². The molecule has 2 aromatic rings. The smallest absolute Gasteiger partial charge is 0.303 e. The van der Waals surface area contributed by atoms with E-state index in [9.17, 15) is 9.59 Å². The molecule has 0 spiro atoms. The lowest BCUT2D eigenvalue weighted by atomic mass is 10.0. The molecule has 1 aromatic carbocycles. The van der Waals surface area contributed by atoms with Crippen LogP contribution in [0.5, 0.6) is 0 Å². The summed E-state index contributed by atoms with van der Waals surface area (Å²) < 4.78 is 5.50. The second-order valence-electron chi connectivity index (χ2n) is 5.95. The lowest BCUT2D eigenvalue weighted by Gasteiger charge is -2.17. The number of ether oxygens (including phenoxy) is 1. The summed E-state index contributed by atoms with van der Waals surface area (Å²) in [7, 11) is 0. The Hall–Kier alpha value is -2.25. The average molecular weight is 376 g/mol. The summed E-state index contributed by atoms with van der Waals surface area (Å²) in [6.45, 7) is 4.39. The molecule has 2 rings (SSSR count). The number of carboxylic acids is 1. The van der Waals surface area contributed by atoms with Gasteiger partial charge in [-0.05, 0) is 32.3 Å². The van der Waals surface area contributed by atoms with Crippen molar-refractivity contribution < 1.29 is 19.4 Å². The number of carbonyl (C=O) groups excluding carboxylic acids is 1. The summed E-state index contributed by atoms with van der Waals surface area (Å²) in [5, 5.41) is 12.7. The molecule has 0 aliphatic rings. The van der Waals surface area contributed by atoms with Crippen LogP contribution in [0.25, 0.3) is 0 Å². The van der Waals surface area contributed by atoms with E-state index in [1.165, 1.54) is 11.3 Å². The van der Waals surface area contributed by atoms with Crippen molar-refractivity contribution in [1.29, 1.82) is 0 Å². The van der Waals surface area contributed by atoms with E-state index in [1.807, 2.05) is 44.2 Å². The van der Waals surface area contributed by atoms with Crippen LogP contribution in [-0.2, 0) is 16.0 Å². The number of hydrogen-bond donors (Lipinski definition) is 2. The van der Waals surface area contributed by atoms with Crippen LogP contribution in [0.15, 0.2) is 36.5 Å². The SMILES string of the molecule is CCOC(C)c1ncc(C(=O)NC(CCC(=O)O)Cc2ccccc2)s1. The van der Waals surface area contributed by atoms with Crippen LogP contribution in [-0.4, -0.2) is 34.6 Å². The molecule has 2 N–H and O–H groups in total. The summed E-state index contributed by atoms with van der Waals surface area (Å²) in [6, 6.07) is 9.46. The first-order chi connectivity index (χ1) is 12.5. The molecular weight excluding hydrogens is 352 g/mol. The molecular formula is C19H24N2O4S. The Labute approximate surface area is 157 Å². The van der Waals surface area contributed by atoms with Crippen molar-refractivity contribution >= 4 is 23.2 Å². The predicted molar refractivity (Wildman–Crippen MR) is 100 cm³/mol. The molecule has 0 aliphatic carbocycles. The summed E-state index contributed by atoms with van der Waals surface area (Å²) in [5.41, 5.74) is 1.05. The van der Waals surface area contributed by atoms with Crippen LogP contribution < -0.4 is 5.32 Å². The van der Waals surface area contributed by atoms with Gasteiger partial charge in [0.1, 0.15) is 16.0 Å². The van der Waals surface area contributed by atoms with Crippen molar-refractivity contribution in [3.63, 3.8) is 0 Å². The van der Waals surface area contributed by atoms with Crippen LogP contribution in [0.4, 0.5) is 0 Å². The Morgan fingerprint density at radius 1 is 1.31 bits per heavy atom. The quantitative estimate of drug-likeness (QED) is 0.663. The Morgan fingerprint density at radius 3 is 2.69 bits per heavy atom. The number of aromatic nitrogens is 1. The van der Waals surface area contributed by atoms with E-state index in [0.29, 0.717) is 24.3 Å². The van der Waals surface area contributed by atoms with Gasteiger partial charge < -0.3 is 15.2 Å². The third kappa shape index (κ3) is 6.24. The molecule has 0 aliphatic heterocycles. The van der Waals surface area contributed by atoms with Crippen molar-refractivity contribution in [2.75, 3.05) is 6.61 Å². The highest BCUT2D eigenvalue weighted by molar-refractivity contribution is 7.13. The highest BCUT2D eigenvalue weighted by Crippen LogP contribution is 2.23. The number of carbonyl (C=O) groups is 2. The fourth-order valence-corrected chi connectivity index (χ4v) is 3.40. The van der Waals surface area contributed by atoms with Gasteiger partial charge in [-0.1, -0.05) is 30.3 Å². The highest BCUT2D eigenvalue weighted by Gasteiger charge is 2.19. The zero-order valence-electron chi connectivity index (χ0n) is 15.0. The Kier molecular flexibility index (Phi) is 7.74. The molecule has 2 unspecified atom stereocenters. The van der Waals surface area contributed by atoms with Gasteiger partial charge in [-0.15, -0.1) is 11.3 Å². The lowest BCUT2D eigenvalue weighted by Crippen LogP contribution is -2.36. The first-order valence-electron chi connectivity index (χ1n) is 8.63. The van der Waals surface area contributed by atoms with Crippen molar-refractivity contribution in [3.05, 3.63) is 52.0 Å². The molecule has 6 nitrogen and oxygen atoms in total. The van der Waals surface area contributed by atoms with E-state index >= 15 is 0 Å². The van der Waals surface area contributed by atoms with Gasteiger partial charge in [0.25, 0.3) is 5.91 Å². The first-order valence-corrected chi connectivity index (χ1v) is 9.45. The summed E-state index contributed by atoms with van der Waals surface area (Å²) >= 11 is 1.30. The highest BCUT2D eigenvalue weighted by atomic mass is 32.1. The van der Waals surface area contributed by atoms with Crippen LogP contribution in [0.3, 0.4) is 0 Å². The van der Waals surface area contributed by atoms with Gasteiger partial charge in [0.2, 0.25) is 0 Å². The molecule has 26 heavy (non-hydrogen) atoms. The van der Waals surface area contributed by atoms with Gasteiger partial charge in [0, 0.05) is 19.1 Å². The van der Waals surface area contributed by atoms with Crippen LogP contribution >= 0.6 is 11.3 Å². The number of rotatable bonds is 10. The third-order valence-electron chi connectivity index (χ3n) is 3.88. The van der Waals surface area contributed by atoms with Crippen LogP contribution in [0.2, 0.25) is 0 Å². The molecule has 0 saturated heterocycles. The molecule has 2 atom stereocenters. The molecule has 0 saturated carbocycles. The fourth-order valence-electron chi connectivity index (χ4n) is 2.58. The van der Waals surface area contributed by atoms with Gasteiger partial charge in [-0.25, -0.2) is 4.98 Å². The number of aliphatic carboxylic acids is 1. The van der Waals surface area contributed by atoms with E-state index in [1.54, 1.807) is 6.20 Å². The molecule has 0 radical (unpaired) electrons. The van der Waals surface area contributed by atoms with Gasteiger partial charge in [-0.2, -0.15) is 0 Å². The fraction of sp³-hybridized carbons (Fsp3) is 0.421. The van der Waals surface area contributed by atoms with E-state index in [-0.39, 0.29) is 24.5 Å². The maximum absolute atomic E-state index is 12.6. The molecule has 7 heteroatoms. The second-order valence-corrected chi connectivity index (χ2v) is 7.02. The number of carboxylic acid groups (broad SMARTS) is 1. The Bertz CT molecular complexity index is 717. The van der Waals surface area contributed by atoms with Crippen molar-refractivity contribution in [2.45, 2.75) is 45.3 Å². The molecule has 0 fully saturated rings. The normalized spacial score (nSPS) is 13.2. The number of amides is 1. The van der Waals surface area contributed by atoms with Gasteiger partial charge in [-0.3, -0.25) is 9.59 Å². The maximum Gasteiger partial charge on any atom is 0.303 e. The Balaban J connectivity index is 2.03. The number of nitrogens with one attached hydrogen (secondary N) is 1. The van der Waals surface area contributed by atoms with Crippen molar-refractivity contribution in [2.24, 2.45) is 0 Å². The standard InChI is InChI=1S/C19H24N2O4S/c1-3-25-13(2)19-20-12-16(26-19)18(24)21-15(9-10-17(22)23)11-14-7-5-4-6-8-14/h4-8,12-13,15H,3,9-11H2,1-2H3,(H,21,24)(H,22,23). The number of nitrogens with zero attached hydrogens (tertiary/aromatic N) is 1. The van der Waals surface area contributed by atoms with Crippen molar-refractivity contribution in [1.82, 2.24) is 10.3 Å². The van der Waals surface area contributed by atoms with E-state index in [2.05, 4.69) is 10.3 Å². The minimum Gasteiger partial charge on any atom is -0.481 e. The molecule has 0 bridgehead atoms. The topological polar surface area (TPSA) is 88.5 Å².